The van der Waals surface area contributed by atoms with E-state index in [1.165, 1.54) is 24.3 Å². The summed E-state index contributed by atoms with van der Waals surface area (Å²) < 4.78 is 33.6. The summed E-state index contributed by atoms with van der Waals surface area (Å²) in [4.78, 5) is 0.643. The van der Waals surface area contributed by atoms with E-state index in [0.29, 0.717) is 4.90 Å². The Morgan fingerprint density at radius 3 is 2.27 bits per heavy atom. The molecule has 1 unspecified atom stereocenters. The van der Waals surface area contributed by atoms with Crippen LogP contribution in [0.1, 0.15) is 0 Å². The molecule has 1 aromatic rings. The normalized spacial score (nSPS) is 13.1. The maximum absolute atomic E-state index is 11.3. The van der Waals surface area contributed by atoms with Crippen molar-refractivity contribution in [2.24, 2.45) is 0 Å². The number of benzene rings is 1. The molecule has 4 nitrogen and oxygen atoms in total. The van der Waals surface area contributed by atoms with Gasteiger partial charge < -0.3 is 0 Å². The summed E-state index contributed by atoms with van der Waals surface area (Å²) in [5.41, 5.74) is 0. The van der Waals surface area contributed by atoms with Crippen molar-refractivity contribution in [3.8, 4) is 6.07 Å². The van der Waals surface area contributed by atoms with Crippen LogP contribution < -0.4 is 0 Å². The van der Waals surface area contributed by atoms with Crippen LogP contribution in [0.4, 0.5) is 0 Å². The van der Waals surface area contributed by atoms with Gasteiger partial charge in [0, 0.05) is 11.2 Å². The van der Waals surface area contributed by atoms with E-state index >= 15 is 0 Å². The molecule has 0 saturated heterocycles. The van der Waals surface area contributed by atoms with Crippen LogP contribution in [-0.4, -0.2) is 24.6 Å². The molecule has 0 bridgehead atoms. The maximum Gasteiger partial charge on any atom is 0.175 e. The Hall–Kier alpha value is -1.19. The second-order valence-electron chi connectivity index (χ2n) is 2.89. The van der Waals surface area contributed by atoms with Crippen molar-refractivity contribution in [2.75, 3.05) is 12.0 Å². The van der Waals surface area contributed by atoms with Gasteiger partial charge in [0.1, 0.15) is 5.75 Å². The molecule has 0 heterocycles. The standard InChI is InChI=1S/C9H9NO3S2/c1-15(12,13)9-4-2-8(3-5-9)14(11)7-6-10/h2-5H,7H2,1H3. The van der Waals surface area contributed by atoms with Gasteiger partial charge in [0.05, 0.1) is 21.8 Å². The van der Waals surface area contributed by atoms with Crippen LogP contribution in [-0.2, 0) is 20.6 Å². The van der Waals surface area contributed by atoms with Crippen LogP contribution in [0.2, 0.25) is 0 Å². The van der Waals surface area contributed by atoms with Crippen molar-refractivity contribution in [1.82, 2.24) is 0 Å². The topological polar surface area (TPSA) is 75.0 Å². The molecule has 0 spiro atoms. The molecule has 1 aromatic carbocycles. The molecule has 0 aliphatic heterocycles. The van der Waals surface area contributed by atoms with E-state index in [2.05, 4.69) is 0 Å². The summed E-state index contributed by atoms with van der Waals surface area (Å²) in [6.07, 6.45) is 1.11. The Labute approximate surface area is 90.9 Å². The van der Waals surface area contributed by atoms with E-state index in [0.717, 1.165) is 6.26 Å². The number of hydrogen-bond donors (Lipinski definition) is 0. The van der Waals surface area contributed by atoms with E-state index < -0.39 is 20.6 Å². The first-order valence-corrected chi connectivity index (χ1v) is 7.21. The first-order chi connectivity index (χ1) is 6.95. The van der Waals surface area contributed by atoms with E-state index in [9.17, 15) is 12.6 Å². The van der Waals surface area contributed by atoms with Crippen molar-refractivity contribution in [3.63, 3.8) is 0 Å². The van der Waals surface area contributed by atoms with Crippen molar-refractivity contribution in [2.45, 2.75) is 9.79 Å². The van der Waals surface area contributed by atoms with Gasteiger partial charge in [-0.2, -0.15) is 5.26 Å². The minimum Gasteiger partial charge on any atom is -0.253 e. The fourth-order valence-electron chi connectivity index (χ4n) is 0.981. The number of rotatable bonds is 3. The first kappa shape index (κ1) is 11.9. The van der Waals surface area contributed by atoms with Gasteiger partial charge in [-0.3, -0.25) is 4.21 Å². The third kappa shape index (κ3) is 3.15. The Kier molecular flexibility index (Phi) is 3.61. The van der Waals surface area contributed by atoms with Crippen LogP contribution in [0.5, 0.6) is 0 Å². The van der Waals surface area contributed by atoms with Gasteiger partial charge in [-0.25, -0.2) is 8.42 Å². The molecule has 0 aromatic heterocycles. The molecular weight excluding hydrogens is 234 g/mol. The van der Waals surface area contributed by atoms with Crippen LogP contribution in [0, 0.1) is 11.3 Å². The summed E-state index contributed by atoms with van der Waals surface area (Å²) in [7, 11) is -4.60. The molecule has 6 heteroatoms. The third-order valence-electron chi connectivity index (χ3n) is 1.71. The van der Waals surface area contributed by atoms with Crippen LogP contribution in [0.3, 0.4) is 0 Å². The third-order valence-corrected chi connectivity index (χ3v) is 4.03. The molecule has 0 radical (unpaired) electrons. The molecule has 0 N–H and O–H groups in total. The highest BCUT2D eigenvalue weighted by molar-refractivity contribution is 7.90. The summed E-state index contributed by atoms with van der Waals surface area (Å²) >= 11 is 0. The largest absolute Gasteiger partial charge is 0.253 e. The molecule has 80 valence electrons. The Morgan fingerprint density at radius 2 is 1.87 bits per heavy atom. The molecule has 0 saturated carbocycles. The molecule has 0 aliphatic rings. The lowest BCUT2D eigenvalue weighted by molar-refractivity contribution is 0.601. The molecule has 1 atom stereocenters. The predicted molar refractivity (Wildman–Crippen MR) is 56.4 cm³/mol. The Morgan fingerprint density at radius 1 is 1.33 bits per heavy atom. The van der Waals surface area contributed by atoms with Gasteiger partial charge in [-0.15, -0.1) is 0 Å². The molecule has 15 heavy (non-hydrogen) atoms. The van der Waals surface area contributed by atoms with Crippen LogP contribution >= 0.6 is 0 Å². The van der Waals surface area contributed by atoms with Crippen LogP contribution in [0.15, 0.2) is 34.1 Å². The molecule has 0 fully saturated rings. The van der Waals surface area contributed by atoms with Crippen molar-refractivity contribution in [1.29, 1.82) is 5.26 Å². The fraction of sp³-hybridized carbons (Fsp3) is 0.222. The zero-order valence-electron chi connectivity index (χ0n) is 8.00. The smallest absolute Gasteiger partial charge is 0.175 e. The minimum absolute atomic E-state index is 0.0851. The summed E-state index contributed by atoms with van der Waals surface area (Å²) in [5, 5.41) is 8.34. The van der Waals surface area contributed by atoms with E-state index in [4.69, 9.17) is 5.26 Å². The van der Waals surface area contributed by atoms with E-state index in [-0.39, 0.29) is 10.6 Å². The molecular formula is C9H9NO3S2. The molecule has 1 rings (SSSR count). The summed E-state index contributed by atoms with van der Waals surface area (Å²) in [5.74, 6) is -0.0851. The number of nitriles is 1. The second kappa shape index (κ2) is 4.55. The lowest BCUT2D eigenvalue weighted by atomic mass is 10.4. The first-order valence-electron chi connectivity index (χ1n) is 4.00. The SMILES string of the molecule is CS(=O)(=O)c1ccc(S(=O)CC#N)cc1. The maximum atomic E-state index is 11.3. The van der Waals surface area contributed by atoms with Gasteiger partial charge in [0.15, 0.2) is 9.84 Å². The molecule has 0 aliphatic carbocycles. The van der Waals surface area contributed by atoms with Crippen molar-refractivity contribution >= 4 is 20.6 Å². The highest BCUT2D eigenvalue weighted by Gasteiger charge is 2.08. The van der Waals surface area contributed by atoms with Gasteiger partial charge in [0.2, 0.25) is 0 Å². The van der Waals surface area contributed by atoms with Crippen LogP contribution in [0.25, 0.3) is 0 Å². The van der Waals surface area contributed by atoms with Gasteiger partial charge >= 0.3 is 0 Å². The predicted octanol–water partition coefficient (Wildman–Crippen LogP) is 0.721. The van der Waals surface area contributed by atoms with Crippen molar-refractivity contribution in [3.05, 3.63) is 24.3 Å². The monoisotopic (exact) mass is 243 g/mol. The average Bonchev–Trinajstić information content (AvgIpc) is 2.17. The highest BCUT2D eigenvalue weighted by Crippen LogP contribution is 2.12. The van der Waals surface area contributed by atoms with E-state index in [1.54, 1.807) is 6.07 Å². The number of nitrogens with zero attached hydrogens (tertiary/aromatic N) is 1. The van der Waals surface area contributed by atoms with Crippen molar-refractivity contribution < 1.29 is 12.6 Å². The fourth-order valence-corrected chi connectivity index (χ4v) is 2.33. The van der Waals surface area contributed by atoms with Gasteiger partial charge in [-0.1, -0.05) is 0 Å². The molecule has 0 amide bonds. The average molecular weight is 243 g/mol. The van der Waals surface area contributed by atoms with Gasteiger partial charge in [-0.05, 0) is 24.3 Å². The lowest BCUT2D eigenvalue weighted by Crippen LogP contribution is -1.99. The zero-order chi connectivity index (χ0) is 11.5. The second-order valence-corrected chi connectivity index (χ2v) is 6.36. The summed E-state index contributed by atoms with van der Waals surface area (Å²) in [6, 6.07) is 7.49. The number of sulfone groups is 1. The lowest BCUT2D eigenvalue weighted by Gasteiger charge is -2.00. The number of hydrogen-bond acceptors (Lipinski definition) is 4. The minimum atomic E-state index is -3.22. The Balaban J connectivity index is 3.02. The Bertz CT molecular complexity index is 511. The zero-order valence-corrected chi connectivity index (χ0v) is 9.64. The van der Waals surface area contributed by atoms with Gasteiger partial charge in [0.25, 0.3) is 0 Å². The summed E-state index contributed by atoms with van der Waals surface area (Å²) in [6.45, 7) is 0. The quantitative estimate of drug-likeness (QED) is 0.784. The van der Waals surface area contributed by atoms with E-state index in [1.807, 2.05) is 0 Å². The highest BCUT2D eigenvalue weighted by atomic mass is 32.2.